The number of piperidine rings is 1. The van der Waals surface area contributed by atoms with Gasteiger partial charge in [0.15, 0.2) is 0 Å². The maximum atomic E-state index is 13.1. The van der Waals surface area contributed by atoms with Gasteiger partial charge in [-0.1, -0.05) is 19.0 Å². The zero-order chi connectivity index (χ0) is 22.0. The van der Waals surface area contributed by atoms with Gasteiger partial charge in [-0.2, -0.15) is 0 Å². The largest absolute Gasteiger partial charge is 0.361 e. The molecule has 0 atom stereocenters. The highest BCUT2D eigenvalue weighted by Crippen LogP contribution is 2.31. The first-order valence-electron chi connectivity index (χ1n) is 10.7. The zero-order valence-electron chi connectivity index (χ0n) is 18.4. The van der Waals surface area contributed by atoms with Crippen molar-refractivity contribution < 1.29 is 9.32 Å². The lowest BCUT2D eigenvalue weighted by atomic mass is 9.92. The van der Waals surface area contributed by atoms with Crippen molar-refractivity contribution in [3.63, 3.8) is 0 Å². The molecule has 3 aromatic heterocycles. The number of anilines is 2. The summed E-state index contributed by atoms with van der Waals surface area (Å²) in [7, 11) is 0. The topological polar surface area (TPSA) is 97.0 Å². The van der Waals surface area contributed by atoms with Gasteiger partial charge >= 0.3 is 0 Å². The summed E-state index contributed by atoms with van der Waals surface area (Å²) in [6.45, 7) is 9.22. The fourth-order valence-electron chi connectivity index (χ4n) is 4.07. The van der Waals surface area contributed by atoms with E-state index in [0.717, 1.165) is 35.6 Å². The van der Waals surface area contributed by atoms with Crippen LogP contribution >= 0.6 is 0 Å². The standard InChI is InChI=1S/C23H28N6O2/c1-14(2)22-21(16(4)31-28-22)23(30)29-9-5-17(6-10-29)19-12-18(11-15(3)26-19)27-20-13-24-7-8-25-20/h7-8,11-14,17H,5-6,9-10H2,1-4H3,(H,25,26,27). The van der Waals surface area contributed by atoms with E-state index in [2.05, 4.69) is 26.5 Å². The van der Waals surface area contributed by atoms with Gasteiger partial charge in [-0.25, -0.2) is 4.98 Å². The van der Waals surface area contributed by atoms with E-state index < -0.39 is 0 Å². The summed E-state index contributed by atoms with van der Waals surface area (Å²) in [6.07, 6.45) is 6.74. The van der Waals surface area contributed by atoms with Crippen LogP contribution in [0.2, 0.25) is 0 Å². The molecule has 0 bridgehead atoms. The summed E-state index contributed by atoms with van der Waals surface area (Å²) in [5.41, 5.74) is 4.30. The molecule has 1 N–H and O–H groups in total. The van der Waals surface area contributed by atoms with E-state index in [1.807, 2.05) is 31.7 Å². The van der Waals surface area contributed by atoms with Crippen LogP contribution in [0.25, 0.3) is 0 Å². The maximum Gasteiger partial charge on any atom is 0.259 e. The first kappa shape index (κ1) is 21.0. The molecule has 4 heterocycles. The summed E-state index contributed by atoms with van der Waals surface area (Å²) >= 11 is 0. The Balaban J connectivity index is 1.45. The quantitative estimate of drug-likeness (QED) is 0.655. The zero-order valence-corrected chi connectivity index (χ0v) is 18.4. The minimum absolute atomic E-state index is 0.0168. The maximum absolute atomic E-state index is 13.1. The number of aromatic nitrogens is 4. The summed E-state index contributed by atoms with van der Waals surface area (Å²) in [5.74, 6) is 1.76. The molecule has 3 aromatic rings. The number of hydrogen-bond donors (Lipinski definition) is 1. The molecule has 0 aliphatic carbocycles. The average Bonchev–Trinajstić information content (AvgIpc) is 3.15. The molecule has 0 spiro atoms. The van der Waals surface area contributed by atoms with E-state index in [-0.39, 0.29) is 11.8 Å². The van der Waals surface area contributed by atoms with Gasteiger partial charge < -0.3 is 14.7 Å². The molecule has 0 saturated carbocycles. The molecular weight excluding hydrogens is 392 g/mol. The third-order valence-electron chi connectivity index (χ3n) is 5.66. The molecule has 1 fully saturated rings. The highest BCUT2D eigenvalue weighted by molar-refractivity contribution is 5.96. The van der Waals surface area contributed by atoms with Crippen LogP contribution in [-0.4, -0.2) is 44.0 Å². The fourth-order valence-corrected chi connectivity index (χ4v) is 4.07. The van der Waals surface area contributed by atoms with Crippen LogP contribution in [0, 0.1) is 13.8 Å². The minimum atomic E-state index is 0.0168. The number of nitrogens with one attached hydrogen (secondary N) is 1. The van der Waals surface area contributed by atoms with Crippen LogP contribution in [-0.2, 0) is 0 Å². The van der Waals surface area contributed by atoms with E-state index in [1.54, 1.807) is 25.5 Å². The van der Waals surface area contributed by atoms with Crippen molar-refractivity contribution in [2.24, 2.45) is 0 Å². The SMILES string of the molecule is Cc1cc(Nc2cnccn2)cc(C2CCN(C(=O)c3c(C(C)C)noc3C)CC2)n1. The molecule has 1 amide bonds. The number of amides is 1. The van der Waals surface area contributed by atoms with Crippen molar-refractivity contribution in [3.05, 3.63) is 59.1 Å². The van der Waals surface area contributed by atoms with Crippen LogP contribution in [0.15, 0.2) is 35.2 Å². The Hall–Kier alpha value is -3.29. The molecule has 0 aromatic carbocycles. The third-order valence-corrected chi connectivity index (χ3v) is 5.66. The van der Waals surface area contributed by atoms with Crippen molar-refractivity contribution in [2.75, 3.05) is 18.4 Å². The van der Waals surface area contributed by atoms with Crippen LogP contribution in [0.1, 0.15) is 71.7 Å². The van der Waals surface area contributed by atoms with Gasteiger partial charge in [-0.05, 0) is 44.7 Å². The van der Waals surface area contributed by atoms with Gasteiger partial charge in [0.2, 0.25) is 0 Å². The molecular formula is C23H28N6O2. The smallest absolute Gasteiger partial charge is 0.259 e. The Bertz CT molecular complexity index is 1060. The van der Waals surface area contributed by atoms with Gasteiger partial charge in [0.1, 0.15) is 17.1 Å². The third kappa shape index (κ3) is 4.57. The van der Waals surface area contributed by atoms with Crippen molar-refractivity contribution in [2.45, 2.75) is 52.4 Å². The second kappa shape index (κ2) is 8.83. The Labute approximate surface area is 182 Å². The van der Waals surface area contributed by atoms with Crippen molar-refractivity contribution in [3.8, 4) is 0 Å². The Morgan fingerprint density at radius 2 is 1.97 bits per heavy atom. The second-order valence-corrected chi connectivity index (χ2v) is 8.36. The van der Waals surface area contributed by atoms with Gasteiger partial charge in [0.25, 0.3) is 5.91 Å². The molecule has 8 heteroatoms. The molecule has 1 aliphatic rings. The average molecular weight is 421 g/mol. The molecule has 4 rings (SSSR count). The van der Waals surface area contributed by atoms with E-state index in [0.29, 0.717) is 36.1 Å². The number of rotatable bonds is 5. The predicted octanol–water partition coefficient (Wildman–Crippen LogP) is 4.36. The van der Waals surface area contributed by atoms with Crippen LogP contribution in [0.4, 0.5) is 11.5 Å². The van der Waals surface area contributed by atoms with E-state index >= 15 is 0 Å². The Morgan fingerprint density at radius 3 is 2.65 bits per heavy atom. The number of carbonyl (C=O) groups is 1. The number of likely N-dealkylation sites (tertiary alicyclic amines) is 1. The van der Waals surface area contributed by atoms with E-state index in [9.17, 15) is 4.79 Å². The summed E-state index contributed by atoms with van der Waals surface area (Å²) in [6, 6.07) is 4.07. The van der Waals surface area contributed by atoms with E-state index in [4.69, 9.17) is 9.51 Å². The number of nitrogens with zero attached hydrogens (tertiary/aromatic N) is 5. The van der Waals surface area contributed by atoms with Crippen molar-refractivity contribution >= 4 is 17.4 Å². The lowest BCUT2D eigenvalue weighted by Crippen LogP contribution is -2.38. The minimum Gasteiger partial charge on any atom is -0.361 e. The molecule has 8 nitrogen and oxygen atoms in total. The lowest BCUT2D eigenvalue weighted by molar-refractivity contribution is 0.0709. The van der Waals surface area contributed by atoms with Gasteiger partial charge in [0.05, 0.1) is 11.9 Å². The summed E-state index contributed by atoms with van der Waals surface area (Å²) < 4.78 is 5.31. The predicted molar refractivity (Wildman–Crippen MR) is 117 cm³/mol. The fraction of sp³-hybridized carbons (Fsp3) is 0.435. The number of pyridine rings is 1. The molecule has 162 valence electrons. The van der Waals surface area contributed by atoms with Gasteiger partial charge in [-0.15, -0.1) is 0 Å². The molecule has 0 radical (unpaired) electrons. The van der Waals surface area contributed by atoms with Crippen LogP contribution < -0.4 is 5.32 Å². The van der Waals surface area contributed by atoms with Crippen molar-refractivity contribution in [1.29, 1.82) is 0 Å². The lowest BCUT2D eigenvalue weighted by Gasteiger charge is -2.32. The highest BCUT2D eigenvalue weighted by atomic mass is 16.5. The van der Waals surface area contributed by atoms with Gasteiger partial charge in [-0.3, -0.25) is 14.8 Å². The number of carbonyl (C=O) groups excluding carboxylic acids is 1. The number of hydrogen-bond acceptors (Lipinski definition) is 7. The molecule has 31 heavy (non-hydrogen) atoms. The van der Waals surface area contributed by atoms with Crippen LogP contribution in [0.5, 0.6) is 0 Å². The molecule has 1 aliphatic heterocycles. The van der Waals surface area contributed by atoms with E-state index in [1.165, 1.54) is 0 Å². The normalized spacial score (nSPS) is 14.8. The summed E-state index contributed by atoms with van der Waals surface area (Å²) in [5, 5.41) is 7.40. The highest BCUT2D eigenvalue weighted by Gasteiger charge is 2.30. The van der Waals surface area contributed by atoms with Crippen molar-refractivity contribution in [1.82, 2.24) is 25.0 Å². The Kier molecular flexibility index (Phi) is 5.97. The monoisotopic (exact) mass is 420 g/mol. The number of aryl methyl sites for hydroxylation is 2. The van der Waals surface area contributed by atoms with Crippen LogP contribution in [0.3, 0.4) is 0 Å². The Morgan fingerprint density at radius 1 is 1.19 bits per heavy atom. The molecule has 0 unspecified atom stereocenters. The first-order valence-corrected chi connectivity index (χ1v) is 10.7. The first-order chi connectivity index (χ1) is 14.9. The second-order valence-electron chi connectivity index (χ2n) is 8.36. The molecule has 1 saturated heterocycles. The van der Waals surface area contributed by atoms with Gasteiger partial charge in [0, 0.05) is 48.5 Å². The summed E-state index contributed by atoms with van der Waals surface area (Å²) in [4.78, 5) is 28.2.